The number of carboxylic acids is 1. The molecular formula is C18H16N2O4S. The van der Waals surface area contributed by atoms with E-state index in [0.717, 1.165) is 11.8 Å². The Bertz CT molecular complexity index is 898. The first-order valence-electron chi connectivity index (χ1n) is 7.66. The Morgan fingerprint density at radius 3 is 2.60 bits per heavy atom. The summed E-state index contributed by atoms with van der Waals surface area (Å²) in [5, 5.41) is 8.86. The number of aromatic carboxylic acids is 1. The van der Waals surface area contributed by atoms with E-state index in [-0.39, 0.29) is 22.8 Å². The third kappa shape index (κ3) is 3.23. The SMILES string of the molecule is CC(C)N1C(=O)SC(=Cc2cccn2-c2cccc(C(=O)O)c2)C1=O. The molecule has 7 heteroatoms. The molecule has 2 amide bonds. The third-order valence-electron chi connectivity index (χ3n) is 3.77. The molecule has 1 aliphatic heterocycles. The van der Waals surface area contributed by atoms with E-state index < -0.39 is 5.97 Å². The topological polar surface area (TPSA) is 79.6 Å². The molecule has 0 spiro atoms. The number of carboxylic acid groups (broad SMARTS) is 1. The number of thioether (sulfide) groups is 1. The van der Waals surface area contributed by atoms with Gasteiger partial charge in [-0.15, -0.1) is 0 Å². The fourth-order valence-electron chi connectivity index (χ4n) is 2.59. The van der Waals surface area contributed by atoms with E-state index in [1.54, 1.807) is 61.0 Å². The maximum absolute atomic E-state index is 12.4. The maximum Gasteiger partial charge on any atom is 0.335 e. The normalized spacial score (nSPS) is 16.3. The Labute approximate surface area is 148 Å². The van der Waals surface area contributed by atoms with Crippen LogP contribution in [0, 0.1) is 0 Å². The summed E-state index contributed by atoms with van der Waals surface area (Å²) >= 11 is 0.911. The standard InChI is InChI=1S/C18H16N2O4S/c1-11(2)20-16(21)15(25-18(20)24)10-14-7-4-8-19(14)13-6-3-5-12(9-13)17(22)23/h3-11H,1-2H3,(H,22,23). The quantitative estimate of drug-likeness (QED) is 0.847. The van der Waals surface area contributed by atoms with Crippen LogP contribution in [0.15, 0.2) is 47.5 Å². The fourth-order valence-corrected chi connectivity index (χ4v) is 3.54. The predicted molar refractivity (Wildman–Crippen MR) is 95.7 cm³/mol. The van der Waals surface area contributed by atoms with Gasteiger partial charge in [-0.3, -0.25) is 14.5 Å². The van der Waals surface area contributed by atoms with E-state index in [9.17, 15) is 14.4 Å². The van der Waals surface area contributed by atoms with Crippen molar-refractivity contribution in [1.29, 1.82) is 0 Å². The van der Waals surface area contributed by atoms with Crippen molar-refractivity contribution in [2.45, 2.75) is 19.9 Å². The lowest BCUT2D eigenvalue weighted by atomic mass is 10.2. The highest BCUT2D eigenvalue weighted by Crippen LogP contribution is 2.33. The minimum Gasteiger partial charge on any atom is -0.478 e. The van der Waals surface area contributed by atoms with E-state index in [0.29, 0.717) is 16.3 Å². The van der Waals surface area contributed by atoms with Crippen LogP contribution in [0.25, 0.3) is 11.8 Å². The zero-order valence-electron chi connectivity index (χ0n) is 13.7. The van der Waals surface area contributed by atoms with Gasteiger partial charge in [-0.2, -0.15) is 0 Å². The van der Waals surface area contributed by atoms with E-state index in [1.165, 1.54) is 11.0 Å². The Hall–Kier alpha value is -2.80. The molecular weight excluding hydrogens is 340 g/mol. The lowest BCUT2D eigenvalue weighted by molar-refractivity contribution is -0.123. The summed E-state index contributed by atoms with van der Waals surface area (Å²) in [6.07, 6.45) is 3.43. The number of aromatic nitrogens is 1. The van der Waals surface area contributed by atoms with Gasteiger partial charge in [0.05, 0.1) is 10.5 Å². The van der Waals surface area contributed by atoms with Crippen LogP contribution in [0.4, 0.5) is 4.79 Å². The predicted octanol–water partition coefficient (Wildman–Crippen LogP) is 3.62. The highest BCUT2D eigenvalue weighted by atomic mass is 32.2. The van der Waals surface area contributed by atoms with Crippen LogP contribution in [0.5, 0.6) is 0 Å². The van der Waals surface area contributed by atoms with Gasteiger partial charge in [0.25, 0.3) is 11.1 Å². The number of carbonyl (C=O) groups excluding carboxylic acids is 2. The molecule has 0 atom stereocenters. The molecule has 6 nitrogen and oxygen atoms in total. The second-order valence-corrected chi connectivity index (χ2v) is 6.80. The first kappa shape index (κ1) is 17.0. The molecule has 2 aromatic rings. The van der Waals surface area contributed by atoms with Crippen molar-refractivity contribution in [2.24, 2.45) is 0 Å². The van der Waals surface area contributed by atoms with Gasteiger partial charge in [-0.05, 0) is 62.0 Å². The monoisotopic (exact) mass is 356 g/mol. The van der Waals surface area contributed by atoms with Gasteiger partial charge in [-0.1, -0.05) is 6.07 Å². The summed E-state index contributed by atoms with van der Waals surface area (Å²) in [7, 11) is 0. The summed E-state index contributed by atoms with van der Waals surface area (Å²) in [4.78, 5) is 37.1. The van der Waals surface area contributed by atoms with Crippen molar-refractivity contribution in [2.75, 3.05) is 0 Å². The Balaban J connectivity index is 1.98. The highest BCUT2D eigenvalue weighted by Gasteiger charge is 2.36. The zero-order chi connectivity index (χ0) is 18.1. The van der Waals surface area contributed by atoms with Crippen LogP contribution in [-0.4, -0.2) is 37.7 Å². The van der Waals surface area contributed by atoms with Gasteiger partial charge in [0.2, 0.25) is 0 Å². The van der Waals surface area contributed by atoms with Crippen molar-refractivity contribution in [3.63, 3.8) is 0 Å². The van der Waals surface area contributed by atoms with Crippen molar-refractivity contribution in [1.82, 2.24) is 9.47 Å². The molecule has 2 heterocycles. The first-order valence-corrected chi connectivity index (χ1v) is 8.48. The lowest BCUT2D eigenvalue weighted by Gasteiger charge is -2.16. The van der Waals surface area contributed by atoms with Crippen LogP contribution in [0.1, 0.15) is 29.9 Å². The van der Waals surface area contributed by atoms with Crippen molar-refractivity contribution >= 4 is 35.0 Å². The number of benzene rings is 1. The number of hydrogen-bond donors (Lipinski definition) is 1. The molecule has 128 valence electrons. The summed E-state index contributed by atoms with van der Waals surface area (Å²) in [6.45, 7) is 3.58. The molecule has 0 saturated carbocycles. The third-order valence-corrected chi connectivity index (χ3v) is 4.65. The van der Waals surface area contributed by atoms with Gasteiger partial charge < -0.3 is 9.67 Å². The van der Waals surface area contributed by atoms with Crippen LogP contribution in [-0.2, 0) is 4.79 Å². The van der Waals surface area contributed by atoms with E-state index >= 15 is 0 Å². The van der Waals surface area contributed by atoms with E-state index in [1.807, 2.05) is 0 Å². The minimum absolute atomic E-state index is 0.178. The molecule has 25 heavy (non-hydrogen) atoms. The molecule has 1 aliphatic rings. The smallest absolute Gasteiger partial charge is 0.335 e. The Kier molecular flexibility index (Phi) is 4.50. The molecule has 0 unspecified atom stereocenters. The van der Waals surface area contributed by atoms with Gasteiger partial charge in [0.1, 0.15) is 0 Å². The molecule has 1 saturated heterocycles. The van der Waals surface area contributed by atoms with Crippen LogP contribution >= 0.6 is 11.8 Å². The molecule has 0 radical (unpaired) electrons. The molecule has 1 aromatic heterocycles. The van der Waals surface area contributed by atoms with Gasteiger partial charge in [0.15, 0.2) is 0 Å². The van der Waals surface area contributed by atoms with Crippen LogP contribution < -0.4 is 0 Å². The number of carbonyl (C=O) groups is 3. The summed E-state index contributed by atoms with van der Waals surface area (Å²) in [5.74, 6) is -1.31. The van der Waals surface area contributed by atoms with Gasteiger partial charge >= 0.3 is 5.97 Å². The van der Waals surface area contributed by atoms with Crippen molar-refractivity contribution in [3.05, 3.63) is 58.8 Å². The number of rotatable bonds is 4. The minimum atomic E-state index is -1.01. The lowest BCUT2D eigenvalue weighted by Crippen LogP contribution is -2.34. The van der Waals surface area contributed by atoms with E-state index in [2.05, 4.69) is 0 Å². The summed E-state index contributed by atoms with van der Waals surface area (Å²) in [6, 6.07) is 9.92. The molecule has 1 N–H and O–H groups in total. The number of hydrogen-bond acceptors (Lipinski definition) is 4. The van der Waals surface area contributed by atoms with Crippen LogP contribution in [0.3, 0.4) is 0 Å². The average Bonchev–Trinajstić information content (AvgIpc) is 3.12. The van der Waals surface area contributed by atoms with Gasteiger partial charge in [0, 0.05) is 23.6 Å². The second-order valence-electron chi connectivity index (χ2n) is 5.80. The van der Waals surface area contributed by atoms with E-state index in [4.69, 9.17) is 5.11 Å². The van der Waals surface area contributed by atoms with Crippen molar-refractivity contribution < 1.29 is 19.5 Å². The fraction of sp³-hybridized carbons (Fsp3) is 0.167. The van der Waals surface area contributed by atoms with Crippen molar-refractivity contribution in [3.8, 4) is 5.69 Å². The molecule has 0 bridgehead atoms. The summed E-state index contributed by atoms with van der Waals surface area (Å²) < 4.78 is 1.77. The first-order chi connectivity index (χ1) is 11.9. The Morgan fingerprint density at radius 2 is 1.96 bits per heavy atom. The second kappa shape index (κ2) is 6.60. The molecule has 0 aliphatic carbocycles. The number of nitrogens with zero attached hydrogens (tertiary/aromatic N) is 2. The summed E-state index contributed by atoms with van der Waals surface area (Å²) in [5.41, 5.74) is 1.54. The number of amides is 2. The largest absolute Gasteiger partial charge is 0.478 e. The molecule has 3 rings (SSSR count). The maximum atomic E-state index is 12.4. The number of imide groups is 1. The molecule has 1 aromatic carbocycles. The highest BCUT2D eigenvalue weighted by molar-refractivity contribution is 8.18. The Morgan fingerprint density at radius 1 is 1.20 bits per heavy atom. The molecule has 1 fully saturated rings. The zero-order valence-corrected chi connectivity index (χ0v) is 14.5. The average molecular weight is 356 g/mol. The van der Waals surface area contributed by atoms with Crippen LogP contribution in [0.2, 0.25) is 0 Å². The van der Waals surface area contributed by atoms with Gasteiger partial charge in [-0.25, -0.2) is 4.79 Å².